The van der Waals surface area contributed by atoms with Gasteiger partial charge in [0.15, 0.2) is 0 Å². The highest BCUT2D eigenvalue weighted by atomic mass is 32.2. The SMILES string of the molecule is Cc1cc(S(N)(=O)=O)c(N)c(-c2cccc3c2Nc2ccccc2S3)c1C. The molecule has 1 heterocycles. The Morgan fingerprint density at radius 2 is 1.70 bits per heavy atom. The van der Waals surface area contributed by atoms with Crippen LogP contribution >= 0.6 is 11.8 Å². The molecule has 5 nitrogen and oxygen atoms in total. The van der Waals surface area contributed by atoms with Gasteiger partial charge in [-0.1, -0.05) is 36.0 Å². The molecule has 4 rings (SSSR count). The van der Waals surface area contributed by atoms with Crippen molar-refractivity contribution in [2.24, 2.45) is 5.14 Å². The molecule has 3 aromatic carbocycles. The average molecular weight is 398 g/mol. The summed E-state index contributed by atoms with van der Waals surface area (Å²) in [4.78, 5) is 2.16. The van der Waals surface area contributed by atoms with Gasteiger partial charge in [0.05, 0.1) is 17.1 Å². The topological polar surface area (TPSA) is 98.2 Å². The van der Waals surface area contributed by atoms with Gasteiger partial charge in [0.25, 0.3) is 0 Å². The molecule has 0 bridgehead atoms. The van der Waals surface area contributed by atoms with E-state index in [1.807, 2.05) is 50.2 Å². The first-order valence-electron chi connectivity index (χ1n) is 8.37. The number of hydrogen-bond donors (Lipinski definition) is 3. The summed E-state index contributed by atoms with van der Waals surface area (Å²) in [7, 11) is -3.92. The van der Waals surface area contributed by atoms with E-state index in [9.17, 15) is 8.42 Å². The third kappa shape index (κ3) is 2.97. The molecule has 0 saturated carbocycles. The van der Waals surface area contributed by atoms with E-state index in [0.717, 1.165) is 37.9 Å². The predicted octanol–water partition coefficient (Wildman–Crippen LogP) is 4.41. The lowest BCUT2D eigenvalue weighted by Crippen LogP contribution is -2.16. The van der Waals surface area contributed by atoms with Crippen LogP contribution in [-0.4, -0.2) is 8.42 Å². The highest BCUT2D eigenvalue weighted by Crippen LogP contribution is 2.49. The molecular weight excluding hydrogens is 378 g/mol. The number of aryl methyl sites for hydroxylation is 1. The summed E-state index contributed by atoms with van der Waals surface area (Å²) >= 11 is 1.67. The zero-order valence-electron chi connectivity index (χ0n) is 14.9. The van der Waals surface area contributed by atoms with Crippen LogP contribution < -0.4 is 16.2 Å². The van der Waals surface area contributed by atoms with Crippen LogP contribution in [0.5, 0.6) is 0 Å². The van der Waals surface area contributed by atoms with Gasteiger partial charge in [-0.25, -0.2) is 13.6 Å². The number of fused-ring (bicyclic) bond motifs is 2. The Bertz CT molecular complexity index is 1190. The van der Waals surface area contributed by atoms with Gasteiger partial charge in [0.2, 0.25) is 10.0 Å². The van der Waals surface area contributed by atoms with E-state index < -0.39 is 10.0 Å². The molecule has 27 heavy (non-hydrogen) atoms. The van der Waals surface area contributed by atoms with Crippen LogP contribution in [0.25, 0.3) is 11.1 Å². The number of nitrogen functional groups attached to an aromatic ring is 1. The van der Waals surface area contributed by atoms with Gasteiger partial charge < -0.3 is 11.1 Å². The summed E-state index contributed by atoms with van der Waals surface area (Å²) in [5, 5.41) is 8.88. The van der Waals surface area contributed by atoms with Crippen LogP contribution in [0.1, 0.15) is 11.1 Å². The van der Waals surface area contributed by atoms with Crippen molar-refractivity contribution < 1.29 is 8.42 Å². The fourth-order valence-corrected chi connectivity index (χ4v) is 5.12. The molecule has 0 atom stereocenters. The molecule has 0 amide bonds. The van der Waals surface area contributed by atoms with Gasteiger partial charge in [0.1, 0.15) is 4.90 Å². The maximum Gasteiger partial charge on any atom is 0.240 e. The maximum absolute atomic E-state index is 12.0. The first kappa shape index (κ1) is 17.9. The first-order valence-corrected chi connectivity index (χ1v) is 10.7. The summed E-state index contributed by atoms with van der Waals surface area (Å²) in [5.74, 6) is 0. The number of hydrogen-bond acceptors (Lipinski definition) is 5. The van der Waals surface area contributed by atoms with Crippen LogP contribution in [0.4, 0.5) is 17.1 Å². The van der Waals surface area contributed by atoms with Crippen molar-refractivity contribution in [1.29, 1.82) is 0 Å². The molecule has 0 saturated heterocycles. The number of primary sulfonamides is 1. The minimum absolute atomic E-state index is 0.0398. The Hall–Kier alpha value is -2.48. The van der Waals surface area contributed by atoms with E-state index in [-0.39, 0.29) is 10.6 Å². The van der Waals surface area contributed by atoms with E-state index in [1.165, 1.54) is 6.07 Å². The minimum Gasteiger partial charge on any atom is -0.397 e. The molecular formula is C20H19N3O2S2. The standard InChI is InChI=1S/C20H19N3O2S2/c1-11-10-17(27(22,24)25)19(21)18(12(11)2)13-6-5-9-16-20(13)23-14-7-3-4-8-15(14)26-16/h3-10,23H,21H2,1-2H3,(H2,22,24,25). The fraction of sp³-hybridized carbons (Fsp3) is 0.100. The number of benzene rings is 3. The van der Waals surface area contributed by atoms with Crippen molar-refractivity contribution in [3.63, 3.8) is 0 Å². The molecule has 1 aliphatic heterocycles. The third-order valence-corrected chi connectivity index (χ3v) is 6.90. The number of anilines is 3. The lowest BCUT2D eigenvalue weighted by atomic mass is 9.93. The van der Waals surface area contributed by atoms with E-state index in [0.29, 0.717) is 5.56 Å². The zero-order chi connectivity index (χ0) is 19.3. The molecule has 0 unspecified atom stereocenters. The second kappa shape index (κ2) is 6.30. The lowest BCUT2D eigenvalue weighted by Gasteiger charge is -2.25. The van der Waals surface area contributed by atoms with Gasteiger partial charge in [-0.3, -0.25) is 0 Å². The molecule has 3 aromatic rings. The van der Waals surface area contributed by atoms with Crippen molar-refractivity contribution >= 4 is 38.8 Å². The van der Waals surface area contributed by atoms with Gasteiger partial charge in [-0.2, -0.15) is 0 Å². The molecule has 0 aromatic heterocycles. The Morgan fingerprint density at radius 1 is 1.00 bits per heavy atom. The maximum atomic E-state index is 12.0. The molecule has 138 valence electrons. The lowest BCUT2D eigenvalue weighted by molar-refractivity contribution is 0.598. The van der Waals surface area contributed by atoms with Crippen molar-refractivity contribution in [1.82, 2.24) is 0 Å². The molecule has 0 aliphatic carbocycles. The molecule has 0 radical (unpaired) electrons. The molecule has 0 fully saturated rings. The van der Waals surface area contributed by atoms with Crippen LogP contribution in [-0.2, 0) is 10.0 Å². The highest BCUT2D eigenvalue weighted by Gasteiger charge is 2.24. The fourth-order valence-electron chi connectivity index (χ4n) is 3.35. The van der Waals surface area contributed by atoms with Crippen LogP contribution in [0.3, 0.4) is 0 Å². The monoisotopic (exact) mass is 397 g/mol. The summed E-state index contributed by atoms with van der Waals surface area (Å²) in [6.07, 6.45) is 0. The van der Waals surface area contributed by atoms with Crippen molar-refractivity contribution in [2.45, 2.75) is 28.5 Å². The number of nitrogens with two attached hydrogens (primary N) is 2. The minimum atomic E-state index is -3.92. The Morgan fingerprint density at radius 3 is 2.44 bits per heavy atom. The number of sulfonamides is 1. The summed E-state index contributed by atoms with van der Waals surface area (Å²) in [6.45, 7) is 3.80. The van der Waals surface area contributed by atoms with Crippen molar-refractivity contribution in [2.75, 3.05) is 11.1 Å². The zero-order valence-corrected chi connectivity index (χ0v) is 16.5. The average Bonchev–Trinajstić information content (AvgIpc) is 2.62. The van der Waals surface area contributed by atoms with Crippen LogP contribution in [0.2, 0.25) is 0 Å². The van der Waals surface area contributed by atoms with E-state index in [4.69, 9.17) is 10.9 Å². The second-order valence-electron chi connectivity index (χ2n) is 6.55. The molecule has 7 heteroatoms. The number of para-hydroxylation sites is 2. The third-order valence-electron chi connectivity index (χ3n) is 4.82. The normalized spacial score (nSPS) is 12.9. The van der Waals surface area contributed by atoms with E-state index >= 15 is 0 Å². The van der Waals surface area contributed by atoms with Crippen molar-refractivity contribution in [3.8, 4) is 11.1 Å². The van der Waals surface area contributed by atoms with Gasteiger partial charge in [-0.15, -0.1) is 0 Å². The van der Waals surface area contributed by atoms with E-state index in [2.05, 4.69) is 11.4 Å². The van der Waals surface area contributed by atoms with Crippen molar-refractivity contribution in [3.05, 3.63) is 59.7 Å². The quantitative estimate of drug-likeness (QED) is 0.435. The summed E-state index contributed by atoms with van der Waals surface area (Å²) < 4.78 is 24.1. The summed E-state index contributed by atoms with van der Waals surface area (Å²) in [6, 6.07) is 15.5. The van der Waals surface area contributed by atoms with Gasteiger partial charge >= 0.3 is 0 Å². The first-order chi connectivity index (χ1) is 12.8. The molecule has 0 spiro atoms. The molecule has 1 aliphatic rings. The largest absolute Gasteiger partial charge is 0.397 e. The molecule has 5 N–H and O–H groups in total. The second-order valence-corrected chi connectivity index (χ2v) is 9.17. The van der Waals surface area contributed by atoms with Gasteiger partial charge in [-0.05, 0) is 49.2 Å². The predicted molar refractivity (Wildman–Crippen MR) is 111 cm³/mol. The summed E-state index contributed by atoms with van der Waals surface area (Å²) in [5.41, 5.74) is 11.7. The Balaban J connectivity index is 1.99. The van der Waals surface area contributed by atoms with Crippen LogP contribution in [0.15, 0.2) is 63.2 Å². The van der Waals surface area contributed by atoms with E-state index in [1.54, 1.807) is 11.8 Å². The number of rotatable bonds is 2. The highest BCUT2D eigenvalue weighted by molar-refractivity contribution is 7.99. The Labute approximate surface area is 162 Å². The smallest absolute Gasteiger partial charge is 0.240 e. The number of nitrogens with one attached hydrogen (secondary N) is 1. The van der Waals surface area contributed by atoms with Crippen LogP contribution in [0, 0.1) is 13.8 Å². The Kier molecular flexibility index (Phi) is 4.18. The van der Waals surface area contributed by atoms with Gasteiger partial charge in [0, 0.05) is 20.9 Å².